The third-order valence-electron chi connectivity index (χ3n) is 25.7. The van der Waals surface area contributed by atoms with Crippen molar-refractivity contribution in [1.82, 2.24) is 0 Å². The second-order valence-electron chi connectivity index (χ2n) is 33.8. The normalized spacial score (nSPS) is 46.7. The number of nitrogens with zero attached hydrogens (tertiary/aromatic N) is 5. The van der Waals surface area contributed by atoms with E-state index in [1.54, 1.807) is 0 Å². The number of aliphatic hydroxyl groups is 3. The van der Waals surface area contributed by atoms with Crippen molar-refractivity contribution in [3.63, 3.8) is 0 Å². The van der Waals surface area contributed by atoms with Crippen molar-refractivity contribution in [2.24, 2.45) is 0 Å². The van der Waals surface area contributed by atoms with Crippen LogP contribution in [0.2, 0.25) is 0 Å². The maximum atomic E-state index is 11.3. The van der Waals surface area contributed by atoms with Gasteiger partial charge in [-0.25, -0.2) is 32.9 Å². The Kier molecular flexibility index (Phi) is 24.6. The van der Waals surface area contributed by atoms with Gasteiger partial charge >= 0.3 is 11.9 Å². The summed E-state index contributed by atoms with van der Waals surface area (Å²) in [6.45, 7) is 48.5. The Bertz CT molecular complexity index is 3300. The van der Waals surface area contributed by atoms with E-state index in [1.807, 2.05) is 46.8 Å². The maximum absolute atomic E-state index is 11.3. The molecule has 0 aromatic rings. The average molecular weight is 1530 g/mol. The molecule has 33 atom stereocenters. The minimum absolute atomic E-state index is 0.00355. The summed E-state index contributed by atoms with van der Waals surface area (Å²) in [5.74, 6) is -0.905. The van der Waals surface area contributed by atoms with Gasteiger partial charge in [0.1, 0.15) is 47.8 Å². The van der Waals surface area contributed by atoms with Gasteiger partial charge in [0, 0.05) is 138 Å². The van der Waals surface area contributed by atoms with Crippen molar-refractivity contribution in [3.8, 4) is 0 Å². The number of rotatable bonds is 12. The van der Waals surface area contributed by atoms with Crippen molar-refractivity contribution in [2.45, 2.75) is 432 Å². The zero-order valence-corrected chi connectivity index (χ0v) is 63.8. The number of fused-ring (bicyclic) bond motifs is 7. The Morgan fingerprint density at radius 3 is 1.42 bits per heavy atom. The lowest BCUT2D eigenvalue weighted by molar-refractivity contribution is -0.223. The minimum Gasteiger partial charge on any atom is -0.459 e. The van der Waals surface area contributed by atoms with Crippen LogP contribution in [0, 0.1) is 32.9 Å². The first kappa shape index (κ1) is 79.1. The van der Waals surface area contributed by atoms with E-state index in [0.29, 0.717) is 25.9 Å². The molecular formula is C79H112BrN5O20. The van der Waals surface area contributed by atoms with Gasteiger partial charge in [-0.15, -0.1) is 0 Å². The Balaban J connectivity index is 0.000000117. The number of aliphatic hydroxyl groups excluding tert-OH is 3. The summed E-state index contributed by atoms with van der Waals surface area (Å²) in [5, 5.41) is 29.5. The number of ether oxygens (including phenoxy) is 15. The van der Waals surface area contributed by atoms with Crippen molar-refractivity contribution < 1.29 is 96.0 Å². The summed E-state index contributed by atoms with van der Waals surface area (Å²) in [4.78, 5) is 40.3. The second-order valence-corrected chi connectivity index (χ2v) is 35.0. The second kappa shape index (κ2) is 32.7. The maximum Gasteiger partial charge on any atom is 0.303 e. The molecule has 12 aliphatic heterocycles. The van der Waals surface area contributed by atoms with Crippen LogP contribution in [0.3, 0.4) is 0 Å². The molecule has 16 fully saturated rings. The highest BCUT2D eigenvalue weighted by Crippen LogP contribution is 2.58. The quantitative estimate of drug-likeness (QED) is 0.0710. The van der Waals surface area contributed by atoms with Crippen LogP contribution >= 0.6 is 15.9 Å². The van der Waals surface area contributed by atoms with Crippen LogP contribution in [0.15, 0.2) is 12.2 Å². The largest absolute Gasteiger partial charge is 0.459 e. The molecule has 17 rings (SSSR count). The van der Waals surface area contributed by atoms with Crippen LogP contribution in [0.25, 0.3) is 24.2 Å². The molecule has 0 aromatic heterocycles. The molecule has 580 valence electrons. The molecule has 17 aliphatic rings. The fraction of sp³-hybridized carbons (Fsp3) is 0.886. The summed E-state index contributed by atoms with van der Waals surface area (Å²) >= 11 is 3.66. The molecule has 105 heavy (non-hydrogen) atoms. The first-order valence-corrected chi connectivity index (χ1v) is 40.3. The molecule has 0 amide bonds. The smallest absolute Gasteiger partial charge is 0.303 e. The van der Waals surface area contributed by atoms with Crippen LogP contribution in [-0.2, 0) is 80.6 Å². The molecule has 4 saturated carbocycles. The Morgan fingerprint density at radius 1 is 0.467 bits per heavy atom. The minimum atomic E-state index is -0.814. The molecule has 25 nitrogen and oxygen atoms in total. The molecule has 5 aliphatic carbocycles. The summed E-state index contributed by atoms with van der Waals surface area (Å²) in [7, 11) is 0. The third kappa shape index (κ3) is 16.9. The van der Waals surface area contributed by atoms with E-state index in [9.17, 15) is 24.9 Å². The average Bonchev–Trinajstić information content (AvgIpc) is 1.57. The first-order chi connectivity index (χ1) is 50.2. The van der Waals surface area contributed by atoms with Gasteiger partial charge in [-0.1, -0.05) is 28.4 Å². The predicted octanol–water partition coefficient (Wildman–Crippen LogP) is 10.7. The molecule has 0 aromatic carbocycles. The Morgan fingerprint density at radius 2 is 0.886 bits per heavy atom. The number of halogens is 1. The highest BCUT2D eigenvalue weighted by molar-refractivity contribution is 9.09. The molecule has 12 heterocycles. The zero-order valence-electron chi connectivity index (χ0n) is 62.2. The van der Waals surface area contributed by atoms with Crippen molar-refractivity contribution >= 4 is 27.9 Å². The van der Waals surface area contributed by atoms with E-state index >= 15 is 0 Å². The van der Waals surface area contributed by atoms with Crippen LogP contribution in [0.1, 0.15) is 228 Å². The fourth-order valence-electron chi connectivity index (χ4n) is 20.9. The number of carbonyl (C=O) groups excluding carboxylic acids is 2. The van der Waals surface area contributed by atoms with Crippen molar-refractivity contribution in [2.75, 3.05) is 6.61 Å². The van der Waals surface area contributed by atoms with E-state index in [-0.39, 0.29) is 191 Å². The highest BCUT2D eigenvalue weighted by atomic mass is 79.9. The lowest BCUT2D eigenvalue weighted by atomic mass is 9.76. The van der Waals surface area contributed by atoms with Gasteiger partial charge < -0.3 is 111 Å². The molecule has 2 unspecified atom stereocenters. The van der Waals surface area contributed by atoms with E-state index < -0.39 is 24.1 Å². The highest BCUT2D eigenvalue weighted by Gasteiger charge is 2.67. The van der Waals surface area contributed by atoms with E-state index in [1.165, 1.54) is 33.1 Å². The molecular weight excluding hydrogens is 1420 g/mol. The lowest BCUT2D eigenvalue weighted by Gasteiger charge is -2.45. The third-order valence-corrected chi connectivity index (χ3v) is 26.6. The Hall–Kier alpha value is -4.03. The standard InChI is InChI=1S/C20H29NO4.C16H22BrNO4.C16H21NO4.C14H21NO4.C13H19NO4/c1-13(21-2)10-14-6-7-17-19(23-14)11-15(22-17)18-16(12-19)24-20(25-18)8-4-3-5-9-20;1-9(18-3)6-11-4-5-14-16(22-11)7-12(17)15(20-10(2)19)13(8-16)21-14;1-10(17-3)8-12-4-5-15-16(21-12)7-6-13(19-11(2)18)14(9-16)20-15;1-8(15-2)5-9-3-4-12-14(19-9)6-10(16)13(17)11(7-14)18-12;1-8(14-2)5-9-3-4-11-13(18-9)6-10(17-11)12(15)16-7-13/h13-18H,3-12H2,1H3;9,11-15H,4-8H2,1-2H3;6-7,10,12-15H,4-5,8-9H2,1-2H3;8-13,16-17H,3-7H2,1H3;8-12,15H,3-7H2,1H3/t13-,14-,15-,16-,17+,18?,19-;9-,11-,12+,13-,14+,15-,16+;10-,12-,13-,14-,15+,16+;8-,9-,10-,11-,12+,13-,14+;8-,9-,10-,11+,12?,13-/m11111/s1. The number of esters is 2. The van der Waals surface area contributed by atoms with Gasteiger partial charge in [0.2, 0.25) is 30.2 Å². The van der Waals surface area contributed by atoms with Gasteiger partial charge in [0.05, 0.1) is 120 Å². The summed E-state index contributed by atoms with van der Waals surface area (Å²) < 4.78 is 91.1. The molecule has 3 N–H and O–H groups in total. The molecule has 6 spiro atoms. The lowest BCUT2D eigenvalue weighted by Crippen LogP contribution is -2.54. The van der Waals surface area contributed by atoms with Crippen LogP contribution in [0.4, 0.5) is 0 Å². The monoisotopic (exact) mass is 1530 g/mol. The zero-order chi connectivity index (χ0) is 74.4. The van der Waals surface area contributed by atoms with Crippen molar-refractivity contribution in [1.29, 1.82) is 0 Å². The van der Waals surface area contributed by atoms with Crippen molar-refractivity contribution in [3.05, 3.63) is 69.2 Å². The summed E-state index contributed by atoms with van der Waals surface area (Å²) in [6, 6.07) is -0.0222. The van der Waals surface area contributed by atoms with Crippen LogP contribution in [0.5, 0.6) is 0 Å². The molecule has 12 saturated heterocycles. The molecule has 26 heteroatoms. The summed E-state index contributed by atoms with van der Waals surface area (Å²) in [5.41, 5.74) is -1.69. The SMILES string of the molecule is [C-]#[N+][C@H](C)C[C@H]1CC[C@@H]2O[C@@H]3C[C@]2(C=C[C@H]3OC(C)=O)O1.[C-]#[N+][C@H](C)C[C@H]1CC[C@@H]2O[C@@H]3C[C@]2(COC3O)O1.[C-]#[N+][C@H](C)C[C@H]1CC[C@@H]2O[C@@H]3C[C@]2(C[C@@H](O)[C@H]3O)O1.[C-]#[N+][C@H](C)C[C@H]1CC[C@@H]2O[C@@H]3C[C@]2(C[C@H](Br)[C@H]3OC(C)=O)O1.[C-]#[N+][C@H](C)C[C@H]1CC[C@@H]2O[C@@H]3C[C@]2(C[C@H]2OC4(CCCCC4)OC32)O1. The summed E-state index contributed by atoms with van der Waals surface area (Å²) in [6.07, 6.45) is 26.5. The van der Waals surface area contributed by atoms with E-state index in [4.69, 9.17) is 104 Å². The topological polar surface area (TPSA) is 255 Å². The van der Waals surface area contributed by atoms with Gasteiger partial charge in [-0.3, -0.25) is 9.59 Å². The molecule has 0 radical (unpaired) electrons. The van der Waals surface area contributed by atoms with Crippen LogP contribution < -0.4 is 0 Å². The number of hydrogen-bond acceptors (Lipinski definition) is 20. The van der Waals surface area contributed by atoms with Crippen LogP contribution in [-0.4, -0.2) is 237 Å². The van der Waals surface area contributed by atoms with Gasteiger partial charge in [-0.2, -0.15) is 0 Å². The van der Waals surface area contributed by atoms with E-state index in [2.05, 4.69) is 40.2 Å². The van der Waals surface area contributed by atoms with Gasteiger partial charge in [0.25, 0.3) is 0 Å². The number of carbonyl (C=O) groups is 2. The Labute approximate surface area is 628 Å². The van der Waals surface area contributed by atoms with Gasteiger partial charge in [0.15, 0.2) is 12.1 Å². The predicted molar refractivity (Wildman–Crippen MR) is 380 cm³/mol. The molecule has 10 bridgehead atoms. The number of hydrogen-bond donors (Lipinski definition) is 3. The number of alkyl halides is 1. The fourth-order valence-corrected chi connectivity index (χ4v) is 21.8. The van der Waals surface area contributed by atoms with Gasteiger partial charge in [-0.05, 0) is 89.5 Å². The first-order valence-electron chi connectivity index (χ1n) is 39.4. The van der Waals surface area contributed by atoms with E-state index in [0.717, 1.165) is 141 Å².